The second-order valence-corrected chi connectivity index (χ2v) is 6.49. The van der Waals surface area contributed by atoms with Crippen LogP contribution in [-0.4, -0.2) is 13.6 Å². The van der Waals surface area contributed by atoms with E-state index >= 15 is 0 Å². The van der Waals surface area contributed by atoms with Gasteiger partial charge in [-0.3, -0.25) is 0 Å². The van der Waals surface area contributed by atoms with Crippen LogP contribution in [0.25, 0.3) is 10.4 Å². The Kier molecular flexibility index (Phi) is 4.60. The number of likely N-dealkylation sites (N-methyl/N-ethyl adjacent to an activating group) is 1. The molecule has 1 heterocycles. The fourth-order valence-corrected chi connectivity index (χ4v) is 3.68. The van der Waals surface area contributed by atoms with E-state index < -0.39 is 0 Å². The Morgan fingerprint density at radius 3 is 2.78 bits per heavy atom. The molecule has 1 aromatic carbocycles. The van der Waals surface area contributed by atoms with E-state index in [-0.39, 0.29) is 0 Å². The molecule has 0 saturated carbocycles. The SMILES string of the molecule is CNCC(C)c1csc(-c2ccc(Br)cc2C)c1. The van der Waals surface area contributed by atoms with Gasteiger partial charge in [-0.05, 0) is 60.2 Å². The molecule has 0 bridgehead atoms. The molecule has 0 spiro atoms. The zero-order chi connectivity index (χ0) is 13.1. The van der Waals surface area contributed by atoms with Gasteiger partial charge in [-0.2, -0.15) is 0 Å². The van der Waals surface area contributed by atoms with E-state index in [4.69, 9.17) is 0 Å². The minimum absolute atomic E-state index is 0.566. The number of thiophene rings is 1. The van der Waals surface area contributed by atoms with Crippen molar-refractivity contribution in [3.8, 4) is 10.4 Å². The molecule has 0 aliphatic rings. The number of hydrogen-bond donors (Lipinski definition) is 1. The smallest absolute Gasteiger partial charge is 0.0348 e. The summed E-state index contributed by atoms with van der Waals surface area (Å²) in [5.74, 6) is 0.566. The summed E-state index contributed by atoms with van der Waals surface area (Å²) in [6, 6.07) is 8.80. The summed E-state index contributed by atoms with van der Waals surface area (Å²) in [6.45, 7) is 5.45. The van der Waals surface area contributed by atoms with Crippen LogP contribution < -0.4 is 5.32 Å². The Bertz CT molecular complexity index is 533. The zero-order valence-corrected chi connectivity index (χ0v) is 13.4. The minimum atomic E-state index is 0.566. The Morgan fingerprint density at radius 1 is 1.33 bits per heavy atom. The van der Waals surface area contributed by atoms with Crippen molar-refractivity contribution < 1.29 is 0 Å². The molecule has 2 rings (SSSR count). The van der Waals surface area contributed by atoms with Gasteiger partial charge in [-0.25, -0.2) is 0 Å². The summed E-state index contributed by atoms with van der Waals surface area (Å²) in [7, 11) is 2.00. The summed E-state index contributed by atoms with van der Waals surface area (Å²) in [4.78, 5) is 1.36. The summed E-state index contributed by atoms with van der Waals surface area (Å²) in [6.07, 6.45) is 0. The molecule has 1 unspecified atom stereocenters. The lowest BCUT2D eigenvalue weighted by Gasteiger charge is -2.08. The maximum absolute atomic E-state index is 3.51. The summed E-state index contributed by atoms with van der Waals surface area (Å²) in [5.41, 5.74) is 4.08. The number of benzene rings is 1. The molecule has 0 fully saturated rings. The third kappa shape index (κ3) is 3.02. The number of aryl methyl sites for hydroxylation is 1. The molecule has 0 aliphatic heterocycles. The topological polar surface area (TPSA) is 12.0 Å². The van der Waals surface area contributed by atoms with Gasteiger partial charge in [0.15, 0.2) is 0 Å². The number of halogens is 1. The van der Waals surface area contributed by atoms with E-state index in [1.807, 2.05) is 18.4 Å². The van der Waals surface area contributed by atoms with E-state index in [2.05, 4.69) is 64.7 Å². The Morgan fingerprint density at radius 2 is 2.11 bits per heavy atom. The van der Waals surface area contributed by atoms with Gasteiger partial charge in [0.05, 0.1) is 0 Å². The first kappa shape index (κ1) is 13.8. The van der Waals surface area contributed by atoms with Gasteiger partial charge >= 0.3 is 0 Å². The van der Waals surface area contributed by atoms with Crippen LogP contribution in [0.15, 0.2) is 34.1 Å². The average molecular weight is 324 g/mol. The Balaban J connectivity index is 2.29. The normalized spacial score (nSPS) is 12.7. The summed E-state index contributed by atoms with van der Waals surface area (Å²) >= 11 is 5.35. The predicted molar refractivity (Wildman–Crippen MR) is 84.5 cm³/mol. The molecule has 1 aromatic heterocycles. The van der Waals surface area contributed by atoms with Crippen molar-refractivity contribution in [3.63, 3.8) is 0 Å². The molecule has 2 aromatic rings. The van der Waals surface area contributed by atoms with E-state index in [9.17, 15) is 0 Å². The molecule has 0 saturated heterocycles. The van der Waals surface area contributed by atoms with Crippen LogP contribution in [-0.2, 0) is 0 Å². The lowest BCUT2D eigenvalue weighted by Crippen LogP contribution is -2.14. The second kappa shape index (κ2) is 6.00. The lowest BCUT2D eigenvalue weighted by molar-refractivity contribution is 0.680. The third-order valence-electron chi connectivity index (χ3n) is 3.15. The Labute approximate surface area is 121 Å². The van der Waals surface area contributed by atoms with Crippen LogP contribution in [0, 0.1) is 6.92 Å². The van der Waals surface area contributed by atoms with Crippen molar-refractivity contribution in [3.05, 3.63) is 45.2 Å². The number of hydrogen-bond acceptors (Lipinski definition) is 2. The third-order valence-corrected chi connectivity index (χ3v) is 4.63. The first-order valence-corrected chi connectivity index (χ1v) is 7.78. The van der Waals surface area contributed by atoms with Crippen LogP contribution >= 0.6 is 27.3 Å². The van der Waals surface area contributed by atoms with Gasteiger partial charge in [-0.15, -0.1) is 11.3 Å². The van der Waals surface area contributed by atoms with Gasteiger partial charge in [0, 0.05) is 15.9 Å². The van der Waals surface area contributed by atoms with Gasteiger partial charge in [0.25, 0.3) is 0 Å². The fourth-order valence-electron chi connectivity index (χ4n) is 2.08. The molecule has 1 N–H and O–H groups in total. The van der Waals surface area contributed by atoms with Crippen molar-refractivity contribution >= 4 is 27.3 Å². The highest BCUT2D eigenvalue weighted by Crippen LogP contribution is 2.33. The van der Waals surface area contributed by atoms with Crippen molar-refractivity contribution in [1.29, 1.82) is 0 Å². The van der Waals surface area contributed by atoms with Crippen molar-refractivity contribution in [2.24, 2.45) is 0 Å². The molecule has 0 radical (unpaired) electrons. The average Bonchev–Trinajstić information content (AvgIpc) is 2.78. The maximum atomic E-state index is 3.51. The molecule has 18 heavy (non-hydrogen) atoms. The van der Waals surface area contributed by atoms with E-state index in [1.165, 1.54) is 21.6 Å². The van der Waals surface area contributed by atoms with E-state index in [0.29, 0.717) is 5.92 Å². The van der Waals surface area contributed by atoms with Crippen molar-refractivity contribution in [1.82, 2.24) is 5.32 Å². The van der Waals surface area contributed by atoms with Crippen LogP contribution in [0.5, 0.6) is 0 Å². The lowest BCUT2D eigenvalue weighted by atomic mass is 10.0. The first-order chi connectivity index (χ1) is 8.61. The minimum Gasteiger partial charge on any atom is -0.319 e. The molecular formula is C15H18BrNS. The van der Waals surface area contributed by atoms with Gasteiger partial charge < -0.3 is 5.32 Å². The van der Waals surface area contributed by atoms with E-state index in [1.54, 1.807) is 0 Å². The maximum Gasteiger partial charge on any atom is 0.0348 e. The van der Waals surface area contributed by atoms with Crippen molar-refractivity contribution in [2.75, 3.05) is 13.6 Å². The molecule has 96 valence electrons. The van der Waals surface area contributed by atoms with Gasteiger partial charge in [-0.1, -0.05) is 28.9 Å². The first-order valence-electron chi connectivity index (χ1n) is 6.11. The van der Waals surface area contributed by atoms with Crippen LogP contribution in [0.3, 0.4) is 0 Å². The monoisotopic (exact) mass is 323 g/mol. The predicted octanol–water partition coefficient (Wildman–Crippen LogP) is 4.81. The summed E-state index contributed by atoms with van der Waals surface area (Å²) in [5, 5.41) is 5.51. The van der Waals surface area contributed by atoms with Crippen LogP contribution in [0.4, 0.5) is 0 Å². The van der Waals surface area contributed by atoms with E-state index in [0.717, 1.165) is 11.0 Å². The second-order valence-electron chi connectivity index (χ2n) is 4.66. The standard InChI is InChI=1S/C15H18BrNS/c1-10-6-13(16)4-5-14(10)15-7-12(9-18-15)11(2)8-17-3/h4-7,9,11,17H,8H2,1-3H3. The molecule has 1 atom stereocenters. The fraction of sp³-hybridized carbons (Fsp3) is 0.333. The highest BCUT2D eigenvalue weighted by atomic mass is 79.9. The highest BCUT2D eigenvalue weighted by molar-refractivity contribution is 9.10. The summed E-state index contributed by atoms with van der Waals surface area (Å²) < 4.78 is 1.14. The number of nitrogens with one attached hydrogen (secondary N) is 1. The molecule has 3 heteroatoms. The Hall–Kier alpha value is -0.640. The van der Waals surface area contributed by atoms with Gasteiger partial charge in [0.2, 0.25) is 0 Å². The highest BCUT2D eigenvalue weighted by Gasteiger charge is 2.10. The molecule has 1 nitrogen and oxygen atoms in total. The largest absolute Gasteiger partial charge is 0.319 e. The van der Waals surface area contributed by atoms with Gasteiger partial charge in [0.1, 0.15) is 0 Å². The van der Waals surface area contributed by atoms with Crippen molar-refractivity contribution in [2.45, 2.75) is 19.8 Å². The zero-order valence-electron chi connectivity index (χ0n) is 11.0. The quantitative estimate of drug-likeness (QED) is 0.851. The molecule has 0 aliphatic carbocycles. The van der Waals surface area contributed by atoms with Crippen LogP contribution in [0.1, 0.15) is 24.0 Å². The molecule has 0 amide bonds. The van der Waals surface area contributed by atoms with Crippen LogP contribution in [0.2, 0.25) is 0 Å². The number of rotatable bonds is 4. The molecular weight excluding hydrogens is 306 g/mol.